The van der Waals surface area contributed by atoms with Crippen molar-refractivity contribution in [3.63, 3.8) is 0 Å². The Morgan fingerprint density at radius 1 is 1.00 bits per heavy atom. The largest absolute Gasteiger partial charge is 0.490 e. The predicted octanol–water partition coefficient (Wildman–Crippen LogP) is 3.40. The molecule has 0 saturated heterocycles. The van der Waals surface area contributed by atoms with Crippen molar-refractivity contribution in [1.82, 2.24) is 15.1 Å². The van der Waals surface area contributed by atoms with Crippen LogP contribution in [0.1, 0.15) is 52.1 Å². The first-order chi connectivity index (χ1) is 15.0. The minimum Gasteiger partial charge on any atom is -0.490 e. The molecule has 1 saturated carbocycles. The number of ether oxygens (including phenoxy) is 1. The number of para-hydroxylation sites is 2. The fourth-order valence-corrected chi connectivity index (χ4v) is 4.00. The fraction of sp³-hybridized carbons (Fsp3) is 0.292. The SMILES string of the molecule is Cc1c(C(=O)NC2CCC(Oc3ccccc3C(N)=O)CC2)cnn1-c1ccccc1. The molecule has 0 spiro atoms. The number of amides is 2. The van der Waals surface area contributed by atoms with E-state index in [1.54, 1.807) is 29.1 Å². The van der Waals surface area contributed by atoms with Crippen molar-refractivity contribution in [2.24, 2.45) is 5.73 Å². The molecule has 1 fully saturated rings. The van der Waals surface area contributed by atoms with Gasteiger partial charge in [-0.1, -0.05) is 30.3 Å². The molecule has 0 unspecified atom stereocenters. The number of benzene rings is 2. The van der Waals surface area contributed by atoms with E-state index in [-0.39, 0.29) is 18.1 Å². The summed E-state index contributed by atoms with van der Waals surface area (Å²) < 4.78 is 7.80. The van der Waals surface area contributed by atoms with Gasteiger partial charge in [-0.15, -0.1) is 0 Å². The quantitative estimate of drug-likeness (QED) is 0.641. The van der Waals surface area contributed by atoms with E-state index in [1.807, 2.05) is 43.3 Å². The van der Waals surface area contributed by atoms with Crippen LogP contribution in [0.4, 0.5) is 0 Å². The van der Waals surface area contributed by atoms with Crippen molar-refractivity contribution in [2.75, 3.05) is 0 Å². The molecule has 1 heterocycles. The van der Waals surface area contributed by atoms with Gasteiger partial charge >= 0.3 is 0 Å². The summed E-state index contributed by atoms with van der Waals surface area (Å²) in [5.41, 5.74) is 8.14. The Kier molecular flexibility index (Phi) is 6.02. The number of hydrogen-bond acceptors (Lipinski definition) is 4. The van der Waals surface area contributed by atoms with Crippen LogP contribution in [0.3, 0.4) is 0 Å². The van der Waals surface area contributed by atoms with E-state index in [4.69, 9.17) is 10.5 Å². The molecule has 160 valence electrons. The summed E-state index contributed by atoms with van der Waals surface area (Å²) in [5.74, 6) is -0.0856. The lowest BCUT2D eigenvalue weighted by Crippen LogP contribution is -2.40. The van der Waals surface area contributed by atoms with Gasteiger partial charge < -0.3 is 15.8 Å². The topological polar surface area (TPSA) is 99.2 Å². The van der Waals surface area contributed by atoms with Crippen LogP contribution in [0.25, 0.3) is 5.69 Å². The summed E-state index contributed by atoms with van der Waals surface area (Å²) >= 11 is 0. The number of aromatic nitrogens is 2. The van der Waals surface area contributed by atoms with Crippen LogP contribution in [-0.4, -0.2) is 33.7 Å². The minimum atomic E-state index is -0.497. The van der Waals surface area contributed by atoms with Crippen LogP contribution < -0.4 is 15.8 Å². The summed E-state index contributed by atoms with van der Waals surface area (Å²) in [5, 5.41) is 7.51. The average Bonchev–Trinajstić information content (AvgIpc) is 3.17. The van der Waals surface area contributed by atoms with E-state index in [0.717, 1.165) is 37.1 Å². The van der Waals surface area contributed by atoms with Crippen LogP contribution in [0.15, 0.2) is 60.8 Å². The Bertz CT molecular complexity index is 1070. The average molecular weight is 418 g/mol. The molecule has 0 bridgehead atoms. The molecule has 0 radical (unpaired) electrons. The molecule has 2 aromatic carbocycles. The lowest BCUT2D eigenvalue weighted by molar-refractivity contribution is 0.0885. The number of nitrogens with two attached hydrogens (primary N) is 1. The highest BCUT2D eigenvalue weighted by atomic mass is 16.5. The normalized spacial score (nSPS) is 18.4. The van der Waals surface area contributed by atoms with Gasteiger partial charge in [0.2, 0.25) is 0 Å². The van der Waals surface area contributed by atoms with E-state index < -0.39 is 5.91 Å². The third-order valence-corrected chi connectivity index (χ3v) is 5.71. The van der Waals surface area contributed by atoms with Crippen LogP contribution >= 0.6 is 0 Å². The van der Waals surface area contributed by atoms with Crippen molar-refractivity contribution in [3.05, 3.63) is 77.6 Å². The summed E-state index contributed by atoms with van der Waals surface area (Å²) in [4.78, 5) is 24.4. The van der Waals surface area contributed by atoms with Gasteiger partial charge in [-0.3, -0.25) is 9.59 Å². The van der Waals surface area contributed by atoms with Crippen molar-refractivity contribution >= 4 is 11.8 Å². The maximum atomic E-state index is 12.8. The van der Waals surface area contributed by atoms with Crippen molar-refractivity contribution < 1.29 is 14.3 Å². The van der Waals surface area contributed by atoms with Gasteiger partial charge in [-0.05, 0) is 56.9 Å². The first kappa shape index (κ1) is 20.7. The Labute approximate surface area is 181 Å². The highest BCUT2D eigenvalue weighted by molar-refractivity contribution is 5.96. The highest BCUT2D eigenvalue weighted by Crippen LogP contribution is 2.26. The molecule has 1 aromatic heterocycles. The zero-order valence-electron chi connectivity index (χ0n) is 17.5. The Hall–Kier alpha value is -3.61. The van der Waals surface area contributed by atoms with E-state index in [1.165, 1.54) is 0 Å². The van der Waals surface area contributed by atoms with Gasteiger partial charge in [0.05, 0.1) is 34.8 Å². The fourth-order valence-electron chi connectivity index (χ4n) is 4.00. The molecule has 0 aliphatic heterocycles. The smallest absolute Gasteiger partial charge is 0.254 e. The standard InChI is InChI=1S/C24H26N4O3/c1-16-21(15-26-28(16)18-7-3-2-4-8-18)24(30)27-17-11-13-19(14-12-17)31-22-10-6-5-9-20(22)23(25)29/h2-10,15,17,19H,11-14H2,1H3,(H2,25,29)(H,27,30). The number of carbonyl (C=O) groups excluding carboxylic acids is 2. The predicted molar refractivity (Wildman–Crippen MR) is 117 cm³/mol. The van der Waals surface area contributed by atoms with E-state index in [2.05, 4.69) is 10.4 Å². The summed E-state index contributed by atoms with van der Waals surface area (Å²) in [6.45, 7) is 1.90. The zero-order chi connectivity index (χ0) is 21.8. The molecule has 1 aliphatic rings. The highest BCUT2D eigenvalue weighted by Gasteiger charge is 2.26. The van der Waals surface area contributed by atoms with Crippen LogP contribution in [0.5, 0.6) is 5.75 Å². The Morgan fingerprint density at radius 3 is 2.39 bits per heavy atom. The second-order valence-electron chi connectivity index (χ2n) is 7.82. The lowest BCUT2D eigenvalue weighted by Gasteiger charge is -2.30. The van der Waals surface area contributed by atoms with Crippen LogP contribution in [-0.2, 0) is 0 Å². The number of primary amides is 1. The Balaban J connectivity index is 1.34. The van der Waals surface area contributed by atoms with Gasteiger partial charge in [0, 0.05) is 6.04 Å². The van der Waals surface area contributed by atoms with Crippen molar-refractivity contribution in [3.8, 4) is 11.4 Å². The molecule has 3 N–H and O–H groups in total. The van der Waals surface area contributed by atoms with Crippen LogP contribution in [0.2, 0.25) is 0 Å². The molecule has 0 atom stereocenters. The molecular weight excluding hydrogens is 392 g/mol. The first-order valence-electron chi connectivity index (χ1n) is 10.5. The zero-order valence-corrected chi connectivity index (χ0v) is 17.5. The molecular formula is C24H26N4O3. The number of carbonyl (C=O) groups is 2. The van der Waals surface area contributed by atoms with E-state index >= 15 is 0 Å². The molecule has 1 aliphatic carbocycles. The number of hydrogen-bond donors (Lipinski definition) is 2. The molecule has 4 rings (SSSR count). The number of nitrogens with one attached hydrogen (secondary N) is 1. The summed E-state index contributed by atoms with van der Waals surface area (Å²) in [6.07, 6.45) is 4.81. The second kappa shape index (κ2) is 9.04. The summed E-state index contributed by atoms with van der Waals surface area (Å²) in [6, 6.07) is 16.9. The second-order valence-corrected chi connectivity index (χ2v) is 7.82. The van der Waals surface area contributed by atoms with Gasteiger partial charge in [-0.2, -0.15) is 5.10 Å². The molecule has 7 nitrogen and oxygen atoms in total. The monoisotopic (exact) mass is 418 g/mol. The first-order valence-corrected chi connectivity index (χ1v) is 10.5. The van der Waals surface area contributed by atoms with E-state index in [0.29, 0.717) is 16.9 Å². The van der Waals surface area contributed by atoms with Gasteiger partial charge in [-0.25, -0.2) is 4.68 Å². The van der Waals surface area contributed by atoms with Gasteiger partial charge in [0.15, 0.2) is 0 Å². The van der Waals surface area contributed by atoms with Gasteiger partial charge in [0.1, 0.15) is 5.75 Å². The minimum absolute atomic E-state index is 0.00350. The third kappa shape index (κ3) is 4.60. The number of nitrogens with zero attached hydrogens (tertiary/aromatic N) is 2. The maximum absolute atomic E-state index is 12.8. The molecule has 7 heteroatoms. The maximum Gasteiger partial charge on any atom is 0.254 e. The van der Waals surface area contributed by atoms with Crippen molar-refractivity contribution in [2.45, 2.75) is 44.8 Å². The molecule has 3 aromatic rings. The Morgan fingerprint density at radius 2 is 1.68 bits per heavy atom. The third-order valence-electron chi connectivity index (χ3n) is 5.71. The molecule has 31 heavy (non-hydrogen) atoms. The number of rotatable bonds is 6. The van der Waals surface area contributed by atoms with E-state index in [9.17, 15) is 9.59 Å². The molecule has 2 amide bonds. The van der Waals surface area contributed by atoms with Gasteiger partial charge in [0.25, 0.3) is 11.8 Å². The van der Waals surface area contributed by atoms with Crippen LogP contribution in [0, 0.1) is 6.92 Å². The summed E-state index contributed by atoms with van der Waals surface area (Å²) in [7, 11) is 0. The lowest BCUT2D eigenvalue weighted by atomic mass is 9.92. The van der Waals surface area contributed by atoms with Crippen molar-refractivity contribution in [1.29, 1.82) is 0 Å².